The van der Waals surface area contributed by atoms with Crippen LogP contribution in [0.1, 0.15) is 36.7 Å². The lowest BCUT2D eigenvalue weighted by Crippen LogP contribution is -2.34. The second kappa shape index (κ2) is 7.63. The van der Waals surface area contributed by atoms with Gasteiger partial charge in [-0.05, 0) is 61.3 Å². The number of anilines is 2. The molecule has 9 heteroatoms. The molecule has 0 bridgehead atoms. The Kier molecular flexibility index (Phi) is 5.92. The first-order valence-electron chi connectivity index (χ1n) is 7.54. The molecule has 5 nitrogen and oxygen atoms in total. The van der Waals surface area contributed by atoms with Crippen molar-refractivity contribution in [3.63, 3.8) is 0 Å². The van der Waals surface area contributed by atoms with Crippen LogP contribution in [0.25, 0.3) is 0 Å². The Morgan fingerprint density at radius 3 is 2.42 bits per heavy atom. The zero-order valence-electron chi connectivity index (χ0n) is 14.5. The highest BCUT2D eigenvalue weighted by Crippen LogP contribution is 2.31. The molecule has 0 unspecified atom stereocenters. The second-order valence-corrected chi connectivity index (χ2v) is 7.38. The number of hydrogen-bond donors (Lipinski definition) is 2. The van der Waals surface area contributed by atoms with Crippen molar-refractivity contribution in [3.8, 4) is 0 Å². The number of hydrogen-bond acceptors (Lipinski definition) is 4. The van der Waals surface area contributed by atoms with E-state index >= 15 is 0 Å². The lowest BCUT2D eigenvalue weighted by molar-refractivity contribution is -0.0589. The van der Waals surface area contributed by atoms with Crippen molar-refractivity contribution in [2.24, 2.45) is 0 Å². The number of nitrogens with one attached hydrogen (secondary N) is 2. The summed E-state index contributed by atoms with van der Waals surface area (Å²) in [5.41, 5.74) is 1.15. The Morgan fingerprint density at radius 1 is 1.19 bits per heavy atom. The Morgan fingerprint density at radius 2 is 1.85 bits per heavy atom. The highest BCUT2D eigenvalue weighted by atomic mass is 79.9. The van der Waals surface area contributed by atoms with E-state index in [1.807, 2.05) is 0 Å². The largest absolute Gasteiger partial charge is 0.336 e. The SMILES string of the molecule is Cc1cnc(Nc2c(C(=O)NOC(C)(C)C)cc(F)c(F)c2F)c(Br)c1. The molecule has 0 fully saturated rings. The molecular weight excluding hydrogens is 415 g/mol. The van der Waals surface area contributed by atoms with Crippen LogP contribution in [-0.2, 0) is 4.84 Å². The molecule has 2 rings (SSSR count). The normalized spacial score (nSPS) is 11.4. The van der Waals surface area contributed by atoms with Crippen molar-refractivity contribution in [3.05, 3.63) is 51.4 Å². The van der Waals surface area contributed by atoms with Gasteiger partial charge in [0.15, 0.2) is 17.5 Å². The van der Waals surface area contributed by atoms with Crippen LogP contribution < -0.4 is 10.8 Å². The molecule has 1 amide bonds. The first kappa shape index (κ1) is 20.2. The summed E-state index contributed by atoms with van der Waals surface area (Å²) >= 11 is 3.24. The van der Waals surface area contributed by atoms with Gasteiger partial charge in [-0.25, -0.2) is 23.6 Å². The van der Waals surface area contributed by atoms with E-state index < -0.39 is 40.2 Å². The maximum absolute atomic E-state index is 14.3. The summed E-state index contributed by atoms with van der Waals surface area (Å²) in [7, 11) is 0. The maximum Gasteiger partial charge on any atom is 0.277 e. The zero-order valence-corrected chi connectivity index (χ0v) is 16.1. The lowest BCUT2D eigenvalue weighted by Gasteiger charge is -2.20. The smallest absolute Gasteiger partial charge is 0.277 e. The van der Waals surface area contributed by atoms with Crippen LogP contribution >= 0.6 is 15.9 Å². The van der Waals surface area contributed by atoms with Crippen molar-refractivity contribution in [1.29, 1.82) is 0 Å². The van der Waals surface area contributed by atoms with Gasteiger partial charge in [-0.2, -0.15) is 0 Å². The molecule has 0 radical (unpaired) electrons. The van der Waals surface area contributed by atoms with E-state index in [1.54, 1.807) is 33.8 Å². The van der Waals surface area contributed by atoms with Crippen LogP contribution in [0.3, 0.4) is 0 Å². The van der Waals surface area contributed by atoms with Crippen molar-refractivity contribution < 1.29 is 22.8 Å². The maximum atomic E-state index is 14.3. The molecule has 2 aromatic rings. The summed E-state index contributed by atoms with van der Waals surface area (Å²) in [5, 5.41) is 2.53. The van der Waals surface area contributed by atoms with E-state index in [9.17, 15) is 18.0 Å². The van der Waals surface area contributed by atoms with E-state index in [4.69, 9.17) is 4.84 Å². The molecule has 0 atom stereocenters. The third-order valence-corrected chi connectivity index (χ3v) is 3.68. The number of pyridine rings is 1. The summed E-state index contributed by atoms with van der Waals surface area (Å²) in [6.45, 7) is 6.81. The molecule has 1 heterocycles. The molecule has 0 aliphatic heterocycles. The molecule has 0 spiro atoms. The quantitative estimate of drug-likeness (QED) is 0.540. The average Bonchev–Trinajstić information content (AvgIpc) is 2.54. The Balaban J connectivity index is 2.46. The number of hydroxylamine groups is 1. The van der Waals surface area contributed by atoms with E-state index in [0.717, 1.165) is 5.56 Å². The number of aryl methyl sites for hydroxylation is 1. The summed E-state index contributed by atoms with van der Waals surface area (Å²) in [5.74, 6) is -5.55. The number of amides is 1. The molecule has 0 saturated heterocycles. The van der Waals surface area contributed by atoms with E-state index in [0.29, 0.717) is 10.5 Å². The summed E-state index contributed by atoms with van der Waals surface area (Å²) in [4.78, 5) is 21.5. The van der Waals surface area contributed by atoms with Gasteiger partial charge in [-0.15, -0.1) is 0 Å². The van der Waals surface area contributed by atoms with Gasteiger partial charge < -0.3 is 5.32 Å². The van der Waals surface area contributed by atoms with Crippen LogP contribution in [-0.4, -0.2) is 16.5 Å². The van der Waals surface area contributed by atoms with Crippen molar-refractivity contribution >= 4 is 33.3 Å². The van der Waals surface area contributed by atoms with Crippen LogP contribution in [0.15, 0.2) is 22.8 Å². The molecule has 26 heavy (non-hydrogen) atoms. The molecular formula is C17H17BrF3N3O2. The van der Waals surface area contributed by atoms with Gasteiger partial charge >= 0.3 is 0 Å². The Labute approximate surface area is 157 Å². The third kappa shape index (κ3) is 4.73. The topological polar surface area (TPSA) is 63.2 Å². The molecule has 0 saturated carbocycles. The van der Waals surface area contributed by atoms with Gasteiger partial charge in [-0.3, -0.25) is 9.63 Å². The minimum absolute atomic E-state index is 0.131. The first-order chi connectivity index (χ1) is 12.0. The minimum Gasteiger partial charge on any atom is -0.336 e. The third-order valence-electron chi connectivity index (χ3n) is 3.08. The fraction of sp³-hybridized carbons (Fsp3) is 0.294. The average molecular weight is 432 g/mol. The van der Waals surface area contributed by atoms with Crippen molar-refractivity contribution in [2.75, 3.05) is 5.32 Å². The Hall–Kier alpha value is -2.13. The van der Waals surface area contributed by atoms with Crippen LogP contribution in [0.4, 0.5) is 24.7 Å². The lowest BCUT2D eigenvalue weighted by atomic mass is 10.1. The molecule has 0 aliphatic carbocycles. The van der Waals surface area contributed by atoms with Crippen LogP contribution in [0.5, 0.6) is 0 Å². The minimum atomic E-state index is -1.70. The molecule has 140 valence electrons. The Bertz CT molecular complexity index is 854. The van der Waals surface area contributed by atoms with Crippen LogP contribution in [0, 0.1) is 24.4 Å². The first-order valence-corrected chi connectivity index (χ1v) is 8.34. The number of rotatable bonds is 4. The highest BCUT2D eigenvalue weighted by Gasteiger charge is 2.25. The van der Waals surface area contributed by atoms with Gasteiger partial charge in [0.2, 0.25) is 0 Å². The van der Waals surface area contributed by atoms with E-state index in [2.05, 4.69) is 31.7 Å². The number of carbonyl (C=O) groups is 1. The van der Waals surface area contributed by atoms with Crippen molar-refractivity contribution in [2.45, 2.75) is 33.3 Å². The number of halogens is 4. The number of nitrogens with zero attached hydrogens (tertiary/aromatic N) is 1. The van der Waals surface area contributed by atoms with Gasteiger partial charge in [-0.1, -0.05) is 0 Å². The standard InChI is InChI=1S/C17H17BrF3N3O2/c1-8-5-10(18)15(22-7-8)23-14-9(6-11(19)12(20)13(14)21)16(25)24-26-17(2,3)4/h5-7H,1-4H3,(H,22,23)(H,24,25). The molecule has 1 aromatic heterocycles. The fourth-order valence-electron chi connectivity index (χ4n) is 1.89. The molecule has 2 N–H and O–H groups in total. The van der Waals surface area contributed by atoms with E-state index in [1.165, 1.54) is 6.20 Å². The van der Waals surface area contributed by atoms with Crippen LogP contribution in [0.2, 0.25) is 0 Å². The summed E-state index contributed by atoms with van der Waals surface area (Å²) in [6.07, 6.45) is 1.49. The monoisotopic (exact) mass is 431 g/mol. The summed E-state index contributed by atoms with van der Waals surface area (Å²) in [6, 6.07) is 2.28. The predicted octanol–water partition coefficient (Wildman–Crippen LogP) is 4.77. The molecule has 1 aromatic carbocycles. The van der Waals surface area contributed by atoms with Gasteiger partial charge in [0.1, 0.15) is 5.82 Å². The fourth-order valence-corrected chi connectivity index (χ4v) is 2.46. The zero-order chi connectivity index (χ0) is 19.6. The van der Waals surface area contributed by atoms with Gasteiger partial charge in [0.25, 0.3) is 5.91 Å². The predicted molar refractivity (Wildman–Crippen MR) is 94.6 cm³/mol. The van der Waals surface area contributed by atoms with E-state index in [-0.39, 0.29) is 5.82 Å². The van der Waals surface area contributed by atoms with Gasteiger partial charge in [0.05, 0.1) is 21.3 Å². The summed E-state index contributed by atoms with van der Waals surface area (Å²) < 4.78 is 42.1. The molecule has 0 aliphatic rings. The number of carbonyl (C=O) groups excluding carboxylic acids is 1. The van der Waals surface area contributed by atoms with Gasteiger partial charge in [0, 0.05) is 6.20 Å². The number of benzene rings is 1. The van der Waals surface area contributed by atoms with Crippen molar-refractivity contribution in [1.82, 2.24) is 10.5 Å². The number of aromatic nitrogens is 1. The highest BCUT2D eigenvalue weighted by molar-refractivity contribution is 9.10. The second-order valence-electron chi connectivity index (χ2n) is 6.52.